The summed E-state index contributed by atoms with van der Waals surface area (Å²) in [5.74, 6) is 0.183. The van der Waals surface area contributed by atoms with Gasteiger partial charge in [0, 0.05) is 50.8 Å². The Morgan fingerprint density at radius 2 is 1.78 bits per heavy atom. The molecule has 0 saturated carbocycles. The van der Waals surface area contributed by atoms with Gasteiger partial charge in [-0.1, -0.05) is 12.1 Å². The van der Waals surface area contributed by atoms with Crippen molar-refractivity contribution >= 4 is 10.0 Å². The van der Waals surface area contributed by atoms with E-state index in [1.54, 1.807) is 23.8 Å². The van der Waals surface area contributed by atoms with Crippen molar-refractivity contribution in [1.82, 2.24) is 18.8 Å². The minimum absolute atomic E-state index is 0.183. The fraction of sp³-hybridized carbons (Fsp3) is 0.438. The van der Waals surface area contributed by atoms with E-state index >= 15 is 0 Å². The highest BCUT2D eigenvalue weighted by molar-refractivity contribution is 7.89. The van der Waals surface area contributed by atoms with Gasteiger partial charge >= 0.3 is 0 Å². The number of piperazine rings is 1. The fourth-order valence-electron chi connectivity index (χ4n) is 2.79. The van der Waals surface area contributed by atoms with E-state index in [1.807, 2.05) is 10.8 Å². The van der Waals surface area contributed by atoms with E-state index in [1.165, 1.54) is 5.56 Å². The molecule has 1 aliphatic heterocycles. The van der Waals surface area contributed by atoms with Crippen LogP contribution in [0.15, 0.2) is 43.0 Å². The van der Waals surface area contributed by atoms with Crippen LogP contribution >= 0.6 is 0 Å². The SMILES string of the molecule is CCS(=O)(=O)N1CCN(Cc2ccc(-n3ccnc3)cc2)CC1. The van der Waals surface area contributed by atoms with Crippen LogP contribution in [-0.4, -0.2) is 59.1 Å². The first kappa shape index (κ1) is 16.2. The van der Waals surface area contributed by atoms with Gasteiger partial charge in [-0.25, -0.2) is 13.4 Å². The van der Waals surface area contributed by atoms with Gasteiger partial charge < -0.3 is 4.57 Å². The number of rotatable bonds is 5. The van der Waals surface area contributed by atoms with Crippen molar-refractivity contribution in [3.05, 3.63) is 48.5 Å². The molecule has 0 bridgehead atoms. The second-order valence-electron chi connectivity index (χ2n) is 5.71. The summed E-state index contributed by atoms with van der Waals surface area (Å²) in [6, 6.07) is 8.39. The second kappa shape index (κ2) is 6.82. The molecule has 0 spiro atoms. The lowest BCUT2D eigenvalue weighted by atomic mass is 10.2. The smallest absolute Gasteiger partial charge is 0.213 e. The lowest BCUT2D eigenvalue weighted by Crippen LogP contribution is -2.48. The number of sulfonamides is 1. The molecule has 7 heteroatoms. The summed E-state index contributed by atoms with van der Waals surface area (Å²) in [7, 11) is -3.05. The molecule has 0 N–H and O–H groups in total. The average Bonchev–Trinajstić information content (AvgIpc) is 3.11. The van der Waals surface area contributed by atoms with Gasteiger partial charge in [0.1, 0.15) is 0 Å². The molecule has 0 atom stereocenters. The Labute approximate surface area is 137 Å². The van der Waals surface area contributed by atoms with Crippen LogP contribution < -0.4 is 0 Å². The van der Waals surface area contributed by atoms with Crippen LogP contribution in [0.25, 0.3) is 5.69 Å². The Hall–Kier alpha value is -1.70. The number of imidazole rings is 1. The molecule has 1 aromatic carbocycles. The Morgan fingerprint density at radius 3 is 2.35 bits per heavy atom. The highest BCUT2D eigenvalue weighted by Gasteiger charge is 2.25. The van der Waals surface area contributed by atoms with Gasteiger partial charge in [-0.05, 0) is 24.6 Å². The maximum atomic E-state index is 11.9. The van der Waals surface area contributed by atoms with Crippen molar-refractivity contribution in [3.8, 4) is 5.69 Å². The quantitative estimate of drug-likeness (QED) is 0.828. The third-order valence-corrected chi connectivity index (χ3v) is 6.12. The van der Waals surface area contributed by atoms with Crippen LogP contribution in [0.3, 0.4) is 0 Å². The Bertz CT molecular complexity index is 718. The van der Waals surface area contributed by atoms with Crippen molar-refractivity contribution in [3.63, 3.8) is 0 Å². The van der Waals surface area contributed by atoms with E-state index < -0.39 is 10.0 Å². The minimum Gasteiger partial charge on any atom is -0.306 e. The molecular formula is C16H22N4O2S. The van der Waals surface area contributed by atoms with E-state index in [4.69, 9.17) is 0 Å². The van der Waals surface area contributed by atoms with Gasteiger partial charge in [0.2, 0.25) is 10.0 Å². The van der Waals surface area contributed by atoms with Gasteiger partial charge in [0.25, 0.3) is 0 Å². The predicted octanol–water partition coefficient (Wildman–Crippen LogP) is 1.34. The molecule has 23 heavy (non-hydrogen) atoms. The van der Waals surface area contributed by atoms with E-state index in [2.05, 4.69) is 34.1 Å². The Morgan fingerprint density at radius 1 is 1.09 bits per heavy atom. The van der Waals surface area contributed by atoms with Gasteiger partial charge in [0.05, 0.1) is 12.1 Å². The van der Waals surface area contributed by atoms with Crippen LogP contribution in [0.5, 0.6) is 0 Å². The van der Waals surface area contributed by atoms with E-state index in [0.717, 1.165) is 25.3 Å². The van der Waals surface area contributed by atoms with Gasteiger partial charge in [-0.2, -0.15) is 4.31 Å². The zero-order chi connectivity index (χ0) is 16.3. The topological polar surface area (TPSA) is 58.4 Å². The lowest BCUT2D eigenvalue weighted by Gasteiger charge is -2.33. The maximum absolute atomic E-state index is 11.9. The molecule has 0 amide bonds. The van der Waals surface area contributed by atoms with Crippen LogP contribution in [0.1, 0.15) is 12.5 Å². The monoisotopic (exact) mass is 334 g/mol. The first-order valence-electron chi connectivity index (χ1n) is 7.86. The molecule has 1 fully saturated rings. The number of benzene rings is 1. The second-order valence-corrected chi connectivity index (χ2v) is 7.97. The normalized spacial score (nSPS) is 17.4. The largest absolute Gasteiger partial charge is 0.306 e. The number of aromatic nitrogens is 2. The van der Waals surface area contributed by atoms with Crippen molar-refractivity contribution in [2.75, 3.05) is 31.9 Å². The zero-order valence-corrected chi connectivity index (χ0v) is 14.1. The molecule has 2 aromatic rings. The van der Waals surface area contributed by atoms with E-state index in [9.17, 15) is 8.42 Å². The highest BCUT2D eigenvalue weighted by atomic mass is 32.2. The van der Waals surface area contributed by atoms with Crippen LogP contribution in [0.4, 0.5) is 0 Å². The Balaban J connectivity index is 1.57. The summed E-state index contributed by atoms with van der Waals surface area (Å²) >= 11 is 0. The van der Waals surface area contributed by atoms with Crippen LogP contribution in [-0.2, 0) is 16.6 Å². The van der Waals surface area contributed by atoms with Crippen LogP contribution in [0.2, 0.25) is 0 Å². The highest BCUT2D eigenvalue weighted by Crippen LogP contribution is 2.14. The lowest BCUT2D eigenvalue weighted by molar-refractivity contribution is 0.181. The summed E-state index contributed by atoms with van der Waals surface area (Å²) in [5, 5.41) is 0. The van der Waals surface area contributed by atoms with Gasteiger partial charge in [0.15, 0.2) is 0 Å². The summed E-state index contributed by atoms with van der Waals surface area (Å²) in [4.78, 5) is 6.35. The molecule has 1 aliphatic rings. The Kier molecular flexibility index (Phi) is 4.79. The minimum atomic E-state index is -3.05. The molecule has 3 rings (SSSR count). The third kappa shape index (κ3) is 3.80. The summed E-state index contributed by atoms with van der Waals surface area (Å²) in [6.07, 6.45) is 5.46. The summed E-state index contributed by atoms with van der Waals surface area (Å²) in [6.45, 7) is 5.28. The molecule has 0 radical (unpaired) electrons. The van der Waals surface area contributed by atoms with Crippen molar-refractivity contribution in [2.45, 2.75) is 13.5 Å². The molecule has 0 aliphatic carbocycles. The van der Waals surface area contributed by atoms with Crippen LogP contribution in [0, 0.1) is 0 Å². The standard InChI is InChI=1S/C16H22N4O2S/c1-2-23(21,22)20-11-9-18(10-12-20)13-15-3-5-16(6-4-15)19-8-7-17-14-19/h3-8,14H,2,9-13H2,1H3. The van der Waals surface area contributed by atoms with Crippen molar-refractivity contribution < 1.29 is 8.42 Å². The number of nitrogens with zero attached hydrogens (tertiary/aromatic N) is 4. The molecule has 124 valence electrons. The summed E-state index contributed by atoms with van der Waals surface area (Å²) < 4.78 is 27.3. The molecule has 0 unspecified atom stereocenters. The van der Waals surface area contributed by atoms with Crippen molar-refractivity contribution in [1.29, 1.82) is 0 Å². The zero-order valence-electron chi connectivity index (χ0n) is 13.3. The molecule has 1 saturated heterocycles. The molecule has 1 aromatic heterocycles. The third-order valence-electron chi connectivity index (χ3n) is 4.23. The molecular weight excluding hydrogens is 312 g/mol. The molecule has 2 heterocycles. The fourth-order valence-corrected chi connectivity index (χ4v) is 3.88. The van der Waals surface area contributed by atoms with Gasteiger partial charge in [-0.3, -0.25) is 4.90 Å². The van der Waals surface area contributed by atoms with E-state index in [0.29, 0.717) is 13.1 Å². The number of hydrogen-bond donors (Lipinski definition) is 0. The first-order valence-corrected chi connectivity index (χ1v) is 9.47. The predicted molar refractivity (Wildman–Crippen MR) is 89.9 cm³/mol. The number of hydrogen-bond acceptors (Lipinski definition) is 4. The van der Waals surface area contributed by atoms with Crippen molar-refractivity contribution in [2.24, 2.45) is 0 Å². The average molecular weight is 334 g/mol. The van der Waals surface area contributed by atoms with E-state index in [-0.39, 0.29) is 5.75 Å². The maximum Gasteiger partial charge on any atom is 0.213 e. The van der Waals surface area contributed by atoms with Gasteiger partial charge in [-0.15, -0.1) is 0 Å². The molecule has 6 nitrogen and oxygen atoms in total. The summed E-state index contributed by atoms with van der Waals surface area (Å²) in [5.41, 5.74) is 2.32. The first-order chi connectivity index (χ1) is 11.1.